The number of piperidine rings is 1. The largest absolute Gasteiger partial charge is 0.497 e. The van der Waals surface area contributed by atoms with E-state index >= 15 is 0 Å². The van der Waals surface area contributed by atoms with Gasteiger partial charge in [-0.25, -0.2) is 8.42 Å². The smallest absolute Gasteiger partial charge is 0.325 e. The Morgan fingerprint density at radius 3 is 2.36 bits per heavy atom. The summed E-state index contributed by atoms with van der Waals surface area (Å²) in [7, 11) is -1.00. The lowest BCUT2D eigenvalue weighted by Crippen LogP contribution is -2.47. The number of hydrogen-bond acceptors (Lipinski definition) is 6. The van der Waals surface area contributed by atoms with E-state index in [1.165, 1.54) is 35.6 Å². The van der Waals surface area contributed by atoms with Crippen molar-refractivity contribution in [2.75, 3.05) is 33.9 Å². The summed E-state index contributed by atoms with van der Waals surface area (Å²) >= 11 is 5.94. The highest BCUT2D eigenvalue weighted by Crippen LogP contribution is 2.26. The summed E-state index contributed by atoms with van der Waals surface area (Å²) in [5.41, 5.74) is 0.801. The number of ether oxygens (including phenoxy) is 2. The molecule has 0 bridgehead atoms. The van der Waals surface area contributed by atoms with Crippen LogP contribution in [0.1, 0.15) is 18.4 Å². The van der Waals surface area contributed by atoms with Gasteiger partial charge in [0, 0.05) is 24.7 Å². The third kappa shape index (κ3) is 6.25. The first-order valence-electron chi connectivity index (χ1n) is 10.5. The minimum Gasteiger partial charge on any atom is -0.497 e. The fourth-order valence-corrected chi connectivity index (χ4v) is 5.41. The number of hydrogen-bond donors (Lipinski definition) is 0. The molecule has 1 heterocycles. The zero-order valence-corrected chi connectivity index (χ0v) is 20.1. The molecule has 0 N–H and O–H groups in total. The van der Waals surface area contributed by atoms with Crippen molar-refractivity contribution in [1.29, 1.82) is 0 Å². The summed E-state index contributed by atoms with van der Waals surface area (Å²) in [6.07, 6.45) is 1.07. The van der Waals surface area contributed by atoms with Crippen LogP contribution in [-0.2, 0) is 30.9 Å². The number of sulfonamides is 1. The molecule has 0 aromatic heterocycles. The maximum Gasteiger partial charge on any atom is 0.325 e. The summed E-state index contributed by atoms with van der Waals surface area (Å²) in [5.74, 6) is -0.842. The highest BCUT2D eigenvalue weighted by molar-refractivity contribution is 7.89. The minimum absolute atomic E-state index is 0.0471. The quantitative estimate of drug-likeness (QED) is 0.524. The molecule has 1 fully saturated rings. The summed E-state index contributed by atoms with van der Waals surface area (Å²) in [6.45, 7) is 0.338. The number of nitrogens with zero attached hydrogens (tertiary/aromatic N) is 2. The van der Waals surface area contributed by atoms with Crippen molar-refractivity contribution in [3.8, 4) is 5.75 Å². The van der Waals surface area contributed by atoms with Gasteiger partial charge in [0.25, 0.3) is 0 Å². The van der Waals surface area contributed by atoms with Gasteiger partial charge in [0.15, 0.2) is 0 Å². The average Bonchev–Trinajstić information content (AvgIpc) is 2.84. The molecule has 1 unspecified atom stereocenters. The molecule has 33 heavy (non-hydrogen) atoms. The van der Waals surface area contributed by atoms with Gasteiger partial charge in [0.1, 0.15) is 12.3 Å². The zero-order valence-electron chi connectivity index (χ0n) is 18.6. The van der Waals surface area contributed by atoms with Crippen LogP contribution in [0.15, 0.2) is 53.4 Å². The number of benzene rings is 2. The van der Waals surface area contributed by atoms with Crippen LogP contribution in [0.5, 0.6) is 5.75 Å². The van der Waals surface area contributed by atoms with Gasteiger partial charge < -0.3 is 14.4 Å². The van der Waals surface area contributed by atoms with Crippen LogP contribution < -0.4 is 4.74 Å². The molecule has 0 radical (unpaired) electrons. The van der Waals surface area contributed by atoms with Crippen molar-refractivity contribution in [3.05, 3.63) is 59.1 Å². The highest BCUT2D eigenvalue weighted by atomic mass is 35.5. The fraction of sp³-hybridized carbons (Fsp3) is 0.391. The first-order chi connectivity index (χ1) is 15.7. The minimum atomic E-state index is -3.77. The van der Waals surface area contributed by atoms with E-state index in [1.807, 2.05) is 0 Å². The monoisotopic (exact) mass is 494 g/mol. The molecule has 0 spiro atoms. The number of methoxy groups -OCH3 is 2. The van der Waals surface area contributed by atoms with E-state index < -0.39 is 21.9 Å². The first kappa shape index (κ1) is 25.0. The van der Waals surface area contributed by atoms with Crippen LogP contribution in [0.4, 0.5) is 0 Å². The summed E-state index contributed by atoms with van der Waals surface area (Å²) < 4.78 is 37.5. The Labute approximate surface area is 199 Å². The van der Waals surface area contributed by atoms with E-state index in [0.717, 1.165) is 5.56 Å². The molecule has 0 saturated carbocycles. The molecule has 1 atom stereocenters. The van der Waals surface area contributed by atoms with Gasteiger partial charge in [-0.2, -0.15) is 4.31 Å². The Hall–Kier alpha value is -2.62. The van der Waals surface area contributed by atoms with Gasteiger partial charge >= 0.3 is 5.97 Å². The van der Waals surface area contributed by atoms with E-state index in [2.05, 4.69) is 0 Å². The number of carbonyl (C=O) groups excluding carboxylic acids is 2. The summed E-state index contributed by atoms with van der Waals surface area (Å²) in [6, 6.07) is 13.1. The maximum absolute atomic E-state index is 13.4. The van der Waals surface area contributed by atoms with Gasteiger partial charge in [-0.3, -0.25) is 9.59 Å². The van der Waals surface area contributed by atoms with Crippen molar-refractivity contribution in [2.24, 2.45) is 5.92 Å². The second-order valence-corrected chi connectivity index (χ2v) is 10.1. The Bertz CT molecular complexity index is 1070. The third-order valence-electron chi connectivity index (χ3n) is 5.58. The number of halogens is 1. The SMILES string of the molecule is COC(=O)CN(Cc1ccc(Cl)cc1)C(=O)C1CCCN(S(=O)(=O)c2ccc(OC)cc2)C1. The van der Waals surface area contributed by atoms with Crippen molar-refractivity contribution < 1.29 is 27.5 Å². The van der Waals surface area contributed by atoms with Crippen molar-refractivity contribution in [1.82, 2.24) is 9.21 Å². The summed E-state index contributed by atoms with van der Waals surface area (Å²) in [5, 5.41) is 0.566. The van der Waals surface area contributed by atoms with Gasteiger partial charge in [-0.1, -0.05) is 23.7 Å². The standard InChI is InChI=1S/C23H27ClN2O6S/c1-31-20-9-11-21(12-10-20)33(29,30)26-13-3-4-18(15-26)23(28)25(16-22(27)32-2)14-17-5-7-19(24)8-6-17/h5-12,18H,3-4,13-16H2,1-2H3. The van der Waals surface area contributed by atoms with E-state index in [1.54, 1.807) is 36.4 Å². The molecule has 1 amide bonds. The Morgan fingerprint density at radius 1 is 1.09 bits per heavy atom. The summed E-state index contributed by atoms with van der Waals surface area (Å²) in [4.78, 5) is 26.9. The topological polar surface area (TPSA) is 93.2 Å². The first-order valence-corrected chi connectivity index (χ1v) is 12.3. The predicted molar refractivity (Wildman–Crippen MR) is 123 cm³/mol. The third-order valence-corrected chi connectivity index (χ3v) is 7.71. The van der Waals surface area contributed by atoms with E-state index in [9.17, 15) is 18.0 Å². The Morgan fingerprint density at radius 2 is 1.76 bits per heavy atom. The van der Waals surface area contributed by atoms with Crippen LogP contribution in [-0.4, -0.2) is 63.4 Å². The van der Waals surface area contributed by atoms with E-state index in [0.29, 0.717) is 30.2 Å². The van der Waals surface area contributed by atoms with Crippen LogP contribution in [0, 0.1) is 5.92 Å². The van der Waals surface area contributed by atoms with Gasteiger partial charge in [0.2, 0.25) is 15.9 Å². The Balaban J connectivity index is 1.77. The molecule has 0 aliphatic carbocycles. The number of rotatable bonds is 8. The molecule has 2 aromatic carbocycles. The van der Waals surface area contributed by atoms with Crippen molar-refractivity contribution in [2.45, 2.75) is 24.3 Å². The van der Waals surface area contributed by atoms with Crippen LogP contribution >= 0.6 is 11.6 Å². The second-order valence-electron chi connectivity index (χ2n) is 7.77. The molecule has 1 aliphatic heterocycles. The molecular formula is C23H27ClN2O6S. The molecule has 1 aliphatic rings. The van der Waals surface area contributed by atoms with Crippen LogP contribution in [0.2, 0.25) is 5.02 Å². The van der Waals surface area contributed by atoms with E-state index in [4.69, 9.17) is 21.1 Å². The van der Waals surface area contributed by atoms with Crippen LogP contribution in [0.25, 0.3) is 0 Å². The fourth-order valence-electron chi connectivity index (χ4n) is 3.76. The average molecular weight is 495 g/mol. The number of carbonyl (C=O) groups is 2. The van der Waals surface area contributed by atoms with Crippen LogP contribution in [0.3, 0.4) is 0 Å². The van der Waals surface area contributed by atoms with Crippen molar-refractivity contribution >= 4 is 33.5 Å². The molecular weight excluding hydrogens is 468 g/mol. The normalized spacial score (nSPS) is 16.8. The van der Waals surface area contributed by atoms with Gasteiger partial charge in [0.05, 0.1) is 25.0 Å². The molecule has 2 aromatic rings. The zero-order chi connectivity index (χ0) is 24.0. The highest BCUT2D eigenvalue weighted by Gasteiger charge is 2.35. The Kier molecular flexibility index (Phi) is 8.34. The van der Waals surface area contributed by atoms with Crippen molar-refractivity contribution in [3.63, 3.8) is 0 Å². The molecule has 3 rings (SSSR count). The number of amides is 1. The lowest BCUT2D eigenvalue weighted by Gasteiger charge is -2.34. The van der Waals surface area contributed by atoms with Gasteiger partial charge in [-0.05, 0) is 54.8 Å². The molecule has 178 valence electrons. The van der Waals surface area contributed by atoms with Gasteiger partial charge in [-0.15, -0.1) is 0 Å². The lowest BCUT2D eigenvalue weighted by molar-refractivity contribution is -0.149. The van der Waals surface area contributed by atoms with E-state index in [-0.39, 0.29) is 30.4 Å². The molecule has 8 nitrogen and oxygen atoms in total. The molecule has 1 saturated heterocycles. The number of esters is 1. The second kappa shape index (κ2) is 11.0. The lowest BCUT2D eigenvalue weighted by atomic mass is 9.97. The molecule has 10 heteroatoms. The maximum atomic E-state index is 13.4. The predicted octanol–water partition coefficient (Wildman–Crippen LogP) is 2.95.